The van der Waals surface area contributed by atoms with Gasteiger partial charge in [0.1, 0.15) is 0 Å². The Kier molecular flexibility index (Phi) is 7.34. The number of hydrogen-bond acceptors (Lipinski definition) is 4. The Balaban J connectivity index is 4.09. The molecule has 15 heavy (non-hydrogen) atoms. The van der Waals surface area contributed by atoms with Gasteiger partial charge in [-0.25, -0.2) is 0 Å². The van der Waals surface area contributed by atoms with Crippen LogP contribution < -0.4 is 0 Å². The second-order valence-corrected chi connectivity index (χ2v) is 4.09. The van der Waals surface area contributed by atoms with Crippen LogP contribution in [0.25, 0.3) is 0 Å². The van der Waals surface area contributed by atoms with E-state index in [0.29, 0.717) is 12.6 Å². The Morgan fingerprint density at radius 1 is 1.40 bits per heavy atom. The van der Waals surface area contributed by atoms with Crippen molar-refractivity contribution in [3.05, 3.63) is 0 Å². The fraction of sp³-hybridized carbons (Fsp3) is 0.909. The zero-order chi connectivity index (χ0) is 11.8. The summed E-state index contributed by atoms with van der Waals surface area (Å²) in [6.45, 7) is 7.72. The first-order valence-electron chi connectivity index (χ1n) is 5.45. The van der Waals surface area contributed by atoms with Crippen LogP contribution in [-0.2, 0) is 9.53 Å². The number of esters is 1. The molecular formula is C11H23NO3. The van der Waals surface area contributed by atoms with Gasteiger partial charge in [0.25, 0.3) is 0 Å². The normalized spacial score (nSPS) is 13.3. The number of hydrogen-bond donors (Lipinski definition) is 1. The largest absolute Gasteiger partial charge is 0.469 e. The maximum Gasteiger partial charge on any atom is 0.309 e. The number of aliphatic hydroxyl groups excluding tert-OH is 1. The van der Waals surface area contributed by atoms with E-state index in [1.807, 2.05) is 6.92 Å². The molecule has 1 unspecified atom stereocenters. The van der Waals surface area contributed by atoms with Gasteiger partial charge in [0.15, 0.2) is 0 Å². The molecule has 0 heterocycles. The van der Waals surface area contributed by atoms with Crippen molar-refractivity contribution >= 4 is 5.97 Å². The Morgan fingerprint density at radius 2 is 2.00 bits per heavy atom. The maximum absolute atomic E-state index is 11.2. The molecule has 1 atom stereocenters. The molecule has 0 saturated heterocycles. The van der Waals surface area contributed by atoms with Gasteiger partial charge in [0.2, 0.25) is 0 Å². The summed E-state index contributed by atoms with van der Waals surface area (Å²) in [6.07, 6.45) is 0.742. The monoisotopic (exact) mass is 217 g/mol. The van der Waals surface area contributed by atoms with E-state index in [-0.39, 0.29) is 18.5 Å². The van der Waals surface area contributed by atoms with Gasteiger partial charge in [-0.1, -0.05) is 6.92 Å². The van der Waals surface area contributed by atoms with Gasteiger partial charge in [-0.05, 0) is 20.3 Å². The topological polar surface area (TPSA) is 49.8 Å². The van der Waals surface area contributed by atoms with E-state index < -0.39 is 0 Å². The van der Waals surface area contributed by atoms with Crippen molar-refractivity contribution in [2.45, 2.75) is 33.2 Å². The molecule has 0 aliphatic rings. The number of rotatable bonds is 7. The van der Waals surface area contributed by atoms with Crippen LogP contribution in [0.4, 0.5) is 0 Å². The van der Waals surface area contributed by atoms with Crippen LogP contribution in [0.1, 0.15) is 27.2 Å². The van der Waals surface area contributed by atoms with Crippen LogP contribution >= 0.6 is 0 Å². The summed E-state index contributed by atoms with van der Waals surface area (Å²) in [4.78, 5) is 13.4. The average molecular weight is 217 g/mol. The third-order valence-corrected chi connectivity index (χ3v) is 2.45. The van der Waals surface area contributed by atoms with E-state index in [4.69, 9.17) is 5.11 Å². The molecule has 90 valence electrons. The minimum absolute atomic E-state index is 0.115. The van der Waals surface area contributed by atoms with Crippen molar-refractivity contribution in [2.75, 3.05) is 26.8 Å². The number of carbonyl (C=O) groups excluding carboxylic acids is 1. The molecule has 0 aromatic rings. The summed E-state index contributed by atoms with van der Waals surface area (Å²) in [7, 11) is 1.41. The Bertz CT molecular complexity index is 183. The summed E-state index contributed by atoms with van der Waals surface area (Å²) in [5, 5.41) is 8.77. The highest BCUT2D eigenvalue weighted by Gasteiger charge is 2.18. The van der Waals surface area contributed by atoms with Crippen molar-refractivity contribution in [3.8, 4) is 0 Å². The second kappa shape index (κ2) is 7.65. The lowest BCUT2D eigenvalue weighted by atomic mass is 10.1. The first-order valence-corrected chi connectivity index (χ1v) is 5.45. The summed E-state index contributed by atoms with van der Waals surface area (Å²) in [5.74, 6) is -0.291. The van der Waals surface area contributed by atoms with Gasteiger partial charge in [0, 0.05) is 25.7 Å². The minimum Gasteiger partial charge on any atom is -0.469 e. The van der Waals surface area contributed by atoms with Crippen LogP contribution in [0.3, 0.4) is 0 Å². The molecule has 0 amide bonds. The number of methoxy groups -OCH3 is 1. The van der Waals surface area contributed by atoms with E-state index in [1.54, 1.807) is 0 Å². The average Bonchev–Trinajstić information content (AvgIpc) is 2.22. The van der Waals surface area contributed by atoms with Crippen molar-refractivity contribution in [1.82, 2.24) is 4.90 Å². The van der Waals surface area contributed by atoms with Gasteiger partial charge in [-0.3, -0.25) is 4.79 Å². The van der Waals surface area contributed by atoms with Crippen LogP contribution in [0.2, 0.25) is 0 Å². The van der Waals surface area contributed by atoms with Gasteiger partial charge >= 0.3 is 5.97 Å². The van der Waals surface area contributed by atoms with Gasteiger partial charge in [0.05, 0.1) is 13.0 Å². The van der Waals surface area contributed by atoms with Crippen molar-refractivity contribution < 1.29 is 14.6 Å². The quantitative estimate of drug-likeness (QED) is 0.643. The first kappa shape index (κ1) is 14.4. The zero-order valence-corrected chi connectivity index (χ0v) is 10.2. The molecule has 0 aromatic carbocycles. The molecule has 0 fully saturated rings. The highest BCUT2D eigenvalue weighted by Crippen LogP contribution is 2.06. The van der Waals surface area contributed by atoms with Crippen LogP contribution in [0.15, 0.2) is 0 Å². The lowest BCUT2D eigenvalue weighted by Crippen LogP contribution is -2.38. The van der Waals surface area contributed by atoms with Gasteiger partial charge in [-0.2, -0.15) is 0 Å². The fourth-order valence-electron chi connectivity index (χ4n) is 1.46. The molecule has 0 aliphatic carbocycles. The van der Waals surface area contributed by atoms with E-state index in [9.17, 15) is 4.79 Å². The molecule has 4 heteroatoms. The summed E-state index contributed by atoms with van der Waals surface area (Å²) >= 11 is 0. The van der Waals surface area contributed by atoms with E-state index in [0.717, 1.165) is 13.0 Å². The third-order valence-electron chi connectivity index (χ3n) is 2.45. The molecule has 4 nitrogen and oxygen atoms in total. The summed E-state index contributed by atoms with van der Waals surface area (Å²) in [6, 6.07) is 0.378. The SMILES string of the molecule is COC(=O)C(C)CN(CCCO)C(C)C. The molecule has 0 saturated carbocycles. The molecule has 0 rings (SSSR count). The number of nitrogens with zero attached hydrogens (tertiary/aromatic N) is 1. The Morgan fingerprint density at radius 3 is 2.40 bits per heavy atom. The molecule has 1 N–H and O–H groups in total. The highest BCUT2D eigenvalue weighted by atomic mass is 16.5. The molecule has 0 spiro atoms. The first-order chi connectivity index (χ1) is 7.02. The van der Waals surface area contributed by atoms with Gasteiger partial charge < -0.3 is 14.7 Å². The second-order valence-electron chi connectivity index (χ2n) is 4.09. The Hall–Kier alpha value is -0.610. The standard InChI is InChI=1S/C11H23NO3/c1-9(2)12(6-5-7-13)8-10(3)11(14)15-4/h9-10,13H,5-8H2,1-4H3. The van der Waals surface area contributed by atoms with Crippen LogP contribution in [0, 0.1) is 5.92 Å². The molecule has 0 bridgehead atoms. The number of carbonyl (C=O) groups is 1. The number of aliphatic hydroxyl groups is 1. The molecular weight excluding hydrogens is 194 g/mol. The predicted octanol–water partition coefficient (Wildman–Crippen LogP) is 0.888. The van der Waals surface area contributed by atoms with E-state index >= 15 is 0 Å². The molecule has 0 radical (unpaired) electrons. The molecule has 0 aliphatic heterocycles. The lowest BCUT2D eigenvalue weighted by molar-refractivity contribution is -0.145. The predicted molar refractivity (Wildman–Crippen MR) is 59.6 cm³/mol. The van der Waals surface area contributed by atoms with Crippen molar-refractivity contribution in [1.29, 1.82) is 0 Å². The smallest absolute Gasteiger partial charge is 0.309 e. The Labute approximate surface area is 92.2 Å². The van der Waals surface area contributed by atoms with Crippen LogP contribution in [0.5, 0.6) is 0 Å². The highest BCUT2D eigenvalue weighted by molar-refractivity contribution is 5.72. The maximum atomic E-state index is 11.2. The summed E-state index contributed by atoms with van der Waals surface area (Å²) < 4.78 is 4.68. The lowest BCUT2D eigenvalue weighted by Gasteiger charge is -2.28. The van der Waals surface area contributed by atoms with E-state index in [2.05, 4.69) is 23.5 Å². The van der Waals surface area contributed by atoms with Crippen LogP contribution in [-0.4, -0.2) is 48.8 Å². The van der Waals surface area contributed by atoms with Crippen molar-refractivity contribution in [2.24, 2.45) is 5.92 Å². The zero-order valence-electron chi connectivity index (χ0n) is 10.2. The number of ether oxygens (including phenoxy) is 1. The molecule has 0 aromatic heterocycles. The van der Waals surface area contributed by atoms with E-state index in [1.165, 1.54) is 7.11 Å². The fourth-order valence-corrected chi connectivity index (χ4v) is 1.46. The van der Waals surface area contributed by atoms with Crippen molar-refractivity contribution in [3.63, 3.8) is 0 Å². The minimum atomic E-state index is -0.176. The third kappa shape index (κ3) is 5.74. The summed E-state index contributed by atoms with van der Waals surface area (Å²) in [5.41, 5.74) is 0. The van der Waals surface area contributed by atoms with Gasteiger partial charge in [-0.15, -0.1) is 0 Å².